The van der Waals surface area contributed by atoms with Gasteiger partial charge in [-0.15, -0.1) is 0 Å². The van der Waals surface area contributed by atoms with Gasteiger partial charge in [0.2, 0.25) is 11.9 Å². The molecule has 14 heavy (non-hydrogen) atoms. The first kappa shape index (κ1) is 10.6. The average molecular weight is 197 g/mol. The third-order valence-electron chi connectivity index (χ3n) is 1.44. The van der Waals surface area contributed by atoms with Gasteiger partial charge in [-0.2, -0.15) is 15.0 Å². The van der Waals surface area contributed by atoms with Crippen molar-refractivity contribution in [2.45, 2.75) is 26.4 Å². The van der Waals surface area contributed by atoms with Gasteiger partial charge in [0, 0.05) is 6.54 Å². The number of nitrogens with two attached hydrogens (primary N) is 1. The Bertz CT molecular complexity index is 300. The Morgan fingerprint density at radius 3 is 2.50 bits per heavy atom. The Morgan fingerprint density at radius 1 is 1.36 bits per heavy atom. The number of aryl methyl sites for hydroxylation is 1. The fraction of sp³-hybridized carbons (Fsp3) is 0.625. The molecule has 0 unspecified atom stereocenters. The lowest BCUT2D eigenvalue weighted by atomic mass is 10.1. The first-order valence-electron chi connectivity index (χ1n) is 4.31. The third-order valence-corrected chi connectivity index (χ3v) is 1.44. The van der Waals surface area contributed by atoms with E-state index < -0.39 is 5.60 Å². The fourth-order valence-corrected chi connectivity index (χ4v) is 0.877. The maximum absolute atomic E-state index is 9.45. The lowest BCUT2D eigenvalue weighted by Gasteiger charge is -2.17. The summed E-state index contributed by atoms with van der Waals surface area (Å²) in [5.74, 6) is 1.11. The quantitative estimate of drug-likeness (QED) is 0.628. The number of hydrogen-bond acceptors (Lipinski definition) is 6. The Hall–Kier alpha value is -1.43. The monoisotopic (exact) mass is 197 g/mol. The number of anilines is 2. The van der Waals surface area contributed by atoms with Gasteiger partial charge in [0.1, 0.15) is 5.82 Å². The van der Waals surface area contributed by atoms with Crippen molar-refractivity contribution in [1.82, 2.24) is 15.0 Å². The van der Waals surface area contributed by atoms with Crippen molar-refractivity contribution in [2.75, 3.05) is 17.6 Å². The summed E-state index contributed by atoms with van der Waals surface area (Å²) in [5.41, 5.74) is 4.62. The number of hydrogen-bond donors (Lipinski definition) is 3. The first-order valence-corrected chi connectivity index (χ1v) is 4.31. The molecule has 0 atom stereocenters. The van der Waals surface area contributed by atoms with Crippen LogP contribution in [-0.2, 0) is 0 Å². The minimum Gasteiger partial charge on any atom is -0.389 e. The molecule has 0 amide bonds. The molecule has 1 rings (SSSR count). The Labute approximate surface area is 82.6 Å². The van der Waals surface area contributed by atoms with E-state index in [0.29, 0.717) is 18.3 Å². The first-order chi connectivity index (χ1) is 6.37. The molecule has 0 bridgehead atoms. The van der Waals surface area contributed by atoms with Gasteiger partial charge in [0.05, 0.1) is 5.60 Å². The second kappa shape index (κ2) is 3.75. The zero-order chi connectivity index (χ0) is 10.8. The number of aromatic nitrogens is 3. The minimum absolute atomic E-state index is 0.177. The van der Waals surface area contributed by atoms with Crippen LogP contribution in [0.3, 0.4) is 0 Å². The zero-order valence-corrected chi connectivity index (χ0v) is 8.57. The summed E-state index contributed by atoms with van der Waals surface area (Å²) in [7, 11) is 0. The SMILES string of the molecule is Cc1nc(N)nc(NCC(C)(C)O)n1. The van der Waals surface area contributed by atoms with Gasteiger partial charge in [-0.05, 0) is 20.8 Å². The van der Waals surface area contributed by atoms with Crippen LogP contribution in [0.4, 0.5) is 11.9 Å². The molecule has 1 aromatic rings. The molecule has 0 spiro atoms. The van der Waals surface area contributed by atoms with Crippen molar-refractivity contribution in [3.05, 3.63) is 5.82 Å². The lowest BCUT2D eigenvalue weighted by Crippen LogP contribution is -2.30. The maximum atomic E-state index is 9.45. The van der Waals surface area contributed by atoms with Crippen LogP contribution in [0.15, 0.2) is 0 Å². The van der Waals surface area contributed by atoms with Crippen LogP contribution >= 0.6 is 0 Å². The summed E-state index contributed by atoms with van der Waals surface area (Å²) in [4.78, 5) is 11.7. The van der Waals surface area contributed by atoms with Crippen LogP contribution in [0, 0.1) is 6.92 Å². The van der Waals surface area contributed by atoms with Crippen molar-refractivity contribution in [3.63, 3.8) is 0 Å². The molecule has 0 aliphatic heterocycles. The molecule has 6 nitrogen and oxygen atoms in total. The molecular formula is C8H15N5O. The van der Waals surface area contributed by atoms with E-state index in [1.807, 2.05) is 0 Å². The van der Waals surface area contributed by atoms with Crippen LogP contribution in [0.2, 0.25) is 0 Å². The van der Waals surface area contributed by atoms with Crippen molar-refractivity contribution < 1.29 is 5.11 Å². The van der Waals surface area contributed by atoms with E-state index in [0.717, 1.165) is 0 Å². The molecular weight excluding hydrogens is 182 g/mol. The van der Waals surface area contributed by atoms with Crippen LogP contribution in [0.25, 0.3) is 0 Å². The minimum atomic E-state index is -0.810. The van der Waals surface area contributed by atoms with Crippen molar-refractivity contribution in [2.24, 2.45) is 0 Å². The van der Waals surface area contributed by atoms with Crippen LogP contribution in [0.5, 0.6) is 0 Å². The summed E-state index contributed by atoms with van der Waals surface area (Å²) >= 11 is 0. The zero-order valence-electron chi connectivity index (χ0n) is 8.57. The molecule has 1 aromatic heterocycles. The third kappa shape index (κ3) is 3.53. The lowest BCUT2D eigenvalue weighted by molar-refractivity contribution is 0.0943. The van der Waals surface area contributed by atoms with E-state index in [-0.39, 0.29) is 5.95 Å². The number of nitrogens with zero attached hydrogens (tertiary/aromatic N) is 3. The molecule has 0 aliphatic carbocycles. The molecule has 0 saturated carbocycles. The van der Waals surface area contributed by atoms with E-state index in [1.54, 1.807) is 20.8 Å². The highest BCUT2D eigenvalue weighted by Gasteiger charge is 2.12. The van der Waals surface area contributed by atoms with E-state index in [2.05, 4.69) is 20.3 Å². The van der Waals surface area contributed by atoms with Gasteiger partial charge in [0.15, 0.2) is 0 Å². The van der Waals surface area contributed by atoms with Gasteiger partial charge in [-0.3, -0.25) is 0 Å². The smallest absolute Gasteiger partial charge is 0.227 e. The predicted molar refractivity (Wildman–Crippen MR) is 53.8 cm³/mol. The number of nitrogen functional groups attached to an aromatic ring is 1. The Balaban J connectivity index is 2.68. The summed E-state index contributed by atoms with van der Waals surface area (Å²) < 4.78 is 0. The van der Waals surface area contributed by atoms with Gasteiger partial charge in [-0.1, -0.05) is 0 Å². The highest BCUT2D eigenvalue weighted by atomic mass is 16.3. The number of nitrogens with one attached hydrogen (secondary N) is 1. The van der Waals surface area contributed by atoms with Gasteiger partial charge >= 0.3 is 0 Å². The molecule has 0 fully saturated rings. The van der Waals surface area contributed by atoms with Gasteiger partial charge in [-0.25, -0.2) is 0 Å². The van der Waals surface area contributed by atoms with Crippen LogP contribution in [-0.4, -0.2) is 32.2 Å². The maximum Gasteiger partial charge on any atom is 0.227 e. The van der Waals surface area contributed by atoms with E-state index in [9.17, 15) is 5.11 Å². The highest BCUT2D eigenvalue weighted by molar-refractivity contribution is 5.31. The standard InChI is InChI=1S/C8H15N5O/c1-5-11-6(9)13-7(12-5)10-4-8(2,3)14/h14H,4H2,1-3H3,(H3,9,10,11,12,13). The summed E-state index contributed by atoms with van der Waals surface area (Å²) in [5, 5.41) is 12.3. The molecule has 0 radical (unpaired) electrons. The van der Waals surface area contributed by atoms with Gasteiger partial charge < -0.3 is 16.2 Å². The van der Waals surface area contributed by atoms with E-state index in [4.69, 9.17) is 5.73 Å². The van der Waals surface area contributed by atoms with Gasteiger partial charge in [0.25, 0.3) is 0 Å². The summed E-state index contributed by atoms with van der Waals surface area (Å²) in [6.45, 7) is 5.47. The molecule has 0 aromatic carbocycles. The van der Waals surface area contributed by atoms with Crippen molar-refractivity contribution in [3.8, 4) is 0 Å². The molecule has 4 N–H and O–H groups in total. The second-order valence-corrected chi connectivity index (χ2v) is 3.73. The van der Waals surface area contributed by atoms with Crippen LogP contribution in [0.1, 0.15) is 19.7 Å². The summed E-state index contributed by atoms with van der Waals surface area (Å²) in [6.07, 6.45) is 0. The largest absolute Gasteiger partial charge is 0.389 e. The molecule has 0 saturated heterocycles. The number of aliphatic hydroxyl groups is 1. The Morgan fingerprint density at radius 2 is 2.00 bits per heavy atom. The van der Waals surface area contributed by atoms with Crippen molar-refractivity contribution in [1.29, 1.82) is 0 Å². The highest BCUT2D eigenvalue weighted by Crippen LogP contribution is 2.05. The summed E-state index contributed by atoms with van der Waals surface area (Å²) in [6, 6.07) is 0. The molecule has 78 valence electrons. The normalized spacial score (nSPS) is 11.4. The average Bonchev–Trinajstić information content (AvgIpc) is 1.97. The van der Waals surface area contributed by atoms with E-state index >= 15 is 0 Å². The molecule has 6 heteroatoms. The molecule has 1 heterocycles. The topological polar surface area (TPSA) is 97.0 Å². The molecule has 0 aliphatic rings. The van der Waals surface area contributed by atoms with E-state index in [1.165, 1.54) is 0 Å². The Kier molecular flexibility index (Phi) is 2.85. The second-order valence-electron chi connectivity index (χ2n) is 3.73. The van der Waals surface area contributed by atoms with Crippen molar-refractivity contribution >= 4 is 11.9 Å². The number of rotatable bonds is 3. The predicted octanol–water partition coefficient (Wildman–Crippen LogP) is -0.0550. The fourth-order valence-electron chi connectivity index (χ4n) is 0.877. The van der Waals surface area contributed by atoms with Crippen LogP contribution < -0.4 is 11.1 Å².